The summed E-state index contributed by atoms with van der Waals surface area (Å²) >= 11 is 3.48. The van der Waals surface area contributed by atoms with Gasteiger partial charge in [-0.05, 0) is 30.0 Å². The zero-order valence-corrected chi connectivity index (χ0v) is 9.26. The maximum Gasteiger partial charge on any atom is 0.0625 e. The Morgan fingerprint density at radius 3 is 2.85 bits per heavy atom. The average molecular weight is 238 g/mol. The van der Waals surface area contributed by atoms with Crippen molar-refractivity contribution in [1.82, 2.24) is 0 Å². The van der Waals surface area contributed by atoms with Gasteiger partial charge in [0.2, 0.25) is 0 Å². The van der Waals surface area contributed by atoms with Crippen LogP contribution in [0.2, 0.25) is 0 Å². The Hall–Kier alpha value is -0.810. The van der Waals surface area contributed by atoms with Crippen LogP contribution in [0.15, 0.2) is 22.7 Å². The lowest BCUT2D eigenvalue weighted by molar-refractivity contribution is 0.992. The van der Waals surface area contributed by atoms with E-state index in [0.29, 0.717) is 6.42 Å². The summed E-state index contributed by atoms with van der Waals surface area (Å²) in [5.41, 5.74) is 2.57. The van der Waals surface area contributed by atoms with Crippen LogP contribution in [0.25, 0.3) is 0 Å². The summed E-state index contributed by atoms with van der Waals surface area (Å²) in [5, 5.41) is 8.48. The minimum absolute atomic E-state index is 0.589. The molecule has 13 heavy (non-hydrogen) atoms. The smallest absolute Gasteiger partial charge is 0.0625 e. The summed E-state index contributed by atoms with van der Waals surface area (Å²) in [5.74, 6) is 0. The molecule has 0 unspecified atom stereocenters. The molecule has 0 saturated heterocycles. The summed E-state index contributed by atoms with van der Waals surface area (Å²) in [6, 6.07) is 8.50. The van der Waals surface area contributed by atoms with E-state index in [0.717, 1.165) is 17.3 Å². The number of aryl methyl sites for hydroxylation is 2. The Kier molecular flexibility index (Phi) is 3.98. The molecule has 0 radical (unpaired) electrons. The molecule has 0 aromatic heterocycles. The van der Waals surface area contributed by atoms with Crippen molar-refractivity contribution >= 4 is 15.9 Å². The number of benzene rings is 1. The van der Waals surface area contributed by atoms with E-state index < -0.39 is 0 Å². The van der Waals surface area contributed by atoms with Gasteiger partial charge < -0.3 is 0 Å². The molecule has 1 aromatic carbocycles. The lowest BCUT2D eigenvalue weighted by Gasteiger charge is -2.04. The first kappa shape index (κ1) is 10.3. The van der Waals surface area contributed by atoms with Gasteiger partial charge in [-0.2, -0.15) is 5.26 Å². The van der Waals surface area contributed by atoms with E-state index in [9.17, 15) is 0 Å². The monoisotopic (exact) mass is 237 g/mol. The van der Waals surface area contributed by atoms with E-state index in [4.69, 9.17) is 5.26 Å². The fraction of sp³-hybridized carbons (Fsp3) is 0.364. The van der Waals surface area contributed by atoms with E-state index in [1.165, 1.54) is 11.1 Å². The van der Waals surface area contributed by atoms with Crippen LogP contribution in [-0.4, -0.2) is 0 Å². The molecular weight excluding hydrogens is 226 g/mol. The first-order chi connectivity index (χ1) is 6.27. The van der Waals surface area contributed by atoms with Gasteiger partial charge >= 0.3 is 0 Å². The number of nitrogens with zero attached hydrogens (tertiary/aromatic N) is 1. The Morgan fingerprint density at radius 1 is 1.46 bits per heavy atom. The minimum atomic E-state index is 0.589. The second kappa shape index (κ2) is 5.04. The average Bonchev–Trinajstić information content (AvgIpc) is 2.17. The van der Waals surface area contributed by atoms with Crippen molar-refractivity contribution in [3.63, 3.8) is 0 Å². The van der Waals surface area contributed by atoms with E-state index in [1.807, 2.05) is 0 Å². The van der Waals surface area contributed by atoms with Gasteiger partial charge in [-0.15, -0.1) is 0 Å². The topological polar surface area (TPSA) is 23.8 Å². The fourth-order valence-electron chi connectivity index (χ4n) is 1.23. The molecule has 1 nitrogen and oxygen atoms in total. The molecule has 0 aliphatic rings. The first-order valence-corrected chi connectivity index (χ1v) is 5.21. The van der Waals surface area contributed by atoms with Crippen molar-refractivity contribution in [2.24, 2.45) is 0 Å². The third kappa shape index (κ3) is 2.86. The number of hydrogen-bond donors (Lipinski definition) is 0. The van der Waals surface area contributed by atoms with Gasteiger partial charge in [0.15, 0.2) is 0 Å². The van der Waals surface area contributed by atoms with Crippen LogP contribution >= 0.6 is 15.9 Å². The summed E-state index contributed by atoms with van der Waals surface area (Å²) in [4.78, 5) is 0. The van der Waals surface area contributed by atoms with E-state index in [-0.39, 0.29) is 0 Å². The van der Waals surface area contributed by atoms with Crippen LogP contribution in [0.3, 0.4) is 0 Å². The summed E-state index contributed by atoms with van der Waals surface area (Å²) in [6.45, 7) is 2.14. The van der Waals surface area contributed by atoms with Crippen LogP contribution in [0.5, 0.6) is 0 Å². The lowest BCUT2D eigenvalue weighted by Crippen LogP contribution is -1.89. The van der Waals surface area contributed by atoms with Crippen LogP contribution in [-0.2, 0) is 12.8 Å². The quantitative estimate of drug-likeness (QED) is 0.790. The van der Waals surface area contributed by atoms with Gasteiger partial charge in [0.05, 0.1) is 6.07 Å². The molecule has 0 spiro atoms. The van der Waals surface area contributed by atoms with Gasteiger partial charge in [0.25, 0.3) is 0 Å². The predicted molar refractivity (Wildman–Crippen MR) is 57.5 cm³/mol. The largest absolute Gasteiger partial charge is 0.198 e. The summed E-state index contributed by atoms with van der Waals surface area (Å²) in [6.07, 6.45) is 2.48. The molecule has 0 aliphatic heterocycles. The highest BCUT2D eigenvalue weighted by Gasteiger charge is 2.00. The Labute approximate surface area is 87.5 Å². The van der Waals surface area contributed by atoms with Crippen LogP contribution in [0.4, 0.5) is 0 Å². The molecule has 0 aliphatic carbocycles. The maximum absolute atomic E-state index is 8.48. The predicted octanol–water partition coefficient (Wildman–Crippen LogP) is 3.47. The number of nitriles is 1. The molecule has 1 aromatic rings. The van der Waals surface area contributed by atoms with Crippen LogP contribution in [0.1, 0.15) is 24.5 Å². The molecule has 0 atom stereocenters. The maximum atomic E-state index is 8.48. The zero-order valence-electron chi connectivity index (χ0n) is 7.68. The van der Waals surface area contributed by atoms with Gasteiger partial charge in [-0.3, -0.25) is 0 Å². The van der Waals surface area contributed by atoms with E-state index in [1.54, 1.807) is 0 Å². The number of hydrogen-bond acceptors (Lipinski definition) is 1. The third-order valence-corrected chi connectivity index (χ3v) is 2.80. The molecule has 0 amide bonds. The van der Waals surface area contributed by atoms with Crippen molar-refractivity contribution in [1.29, 1.82) is 5.26 Å². The highest BCUT2D eigenvalue weighted by atomic mass is 79.9. The highest BCUT2D eigenvalue weighted by molar-refractivity contribution is 9.10. The number of halogens is 1. The van der Waals surface area contributed by atoms with Crippen LogP contribution < -0.4 is 0 Å². The fourth-order valence-corrected chi connectivity index (χ4v) is 1.68. The van der Waals surface area contributed by atoms with Gasteiger partial charge in [-0.25, -0.2) is 0 Å². The molecule has 0 N–H and O–H groups in total. The Morgan fingerprint density at radius 2 is 2.23 bits per heavy atom. The lowest BCUT2D eigenvalue weighted by atomic mass is 10.1. The Balaban J connectivity index is 2.85. The van der Waals surface area contributed by atoms with Crippen molar-refractivity contribution in [2.45, 2.75) is 26.2 Å². The van der Waals surface area contributed by atoms with Gasteiger partial charge in [0, 0.05) is 10.9 Å². The molecule has 68 valence electrons. The van der Waals surface area contributed by atoms with Gasteiger partial charge in [-0.1, -0.05) is 35.0 Å². The molecule has 0 fully saturated rings. The molecular formula is C11H12BrN. The summed E-state index contributed by atoms with van der Waals surface area (Å²) < 4.78 is 1.11. The highest BCUT2D eigenvalue weighted by Crippen LogP contribution is 2.19. The molecule has 0 heterocycles. The Bertz CT molecular complexity index is 325. The van der Waals surface area contributed by atoms with E-state index in [2.05, 4.69) is 47.1 Å². The standard InChI is InChI=1S/C11H12BrN/c1-2-9-5-6-11(12)10(8-9)4-3-7-13/h5-6,8H,2-4H2,1H3. The number of rotatable bonds is 3. The van der Waals surface area contributed by atoms with Crippen LogP contribution in [0, 0.1) is 11.3 Å². The van der Waals surface area contributed by atoms with Crippen molar-refractivity contribution < 1.29 is 0 Å². The van der Waals surface area contributed by atoms with Crippen molar-refractivity contribution in [3.05, 3.63) is 33.8 Å². The second-order valence-corrected chi connectivity index (χ2v) is 3.79. The van der Waals surface area contributed by atoms with E-state index >= 15 is 0 Å². The molecule has 1 rings (SSSR count). The SMILES string of the molecule is CCc1ccc(Br)c(CCC#N)c1. The third-order valence-electron chi connectivity index (χ3n) is 2.02. The van der Waals surface area contributed by atoms with Crippen molar-refractivity contribution in [3.8, 4) is 6.07 Å². The molecule has 0 saturated carbocycles. The van der Waals surface area contributed by atoms with Crippen molar-refractivity contribution in [2.75, 3.05) is 0 Å². The summed E-state index contributed by atoms with van der Waals surface area (Å²) in [7, 11) is 0. The molecule has 2 heteroatoms. The molecule has 0 bridgehead atoms. The zero-order chi connectivity index (χ0) is 9.68. The normalized spacial score (nSPS) is 9.62. The second-order valence-electron chi connectivity index (χ2n) is 2.94. The van der Waals surface area contributed by atoms with Gasteiger partial charge in [0.1, 0.15) is 0 Å². The minimum Gasteiger partial charge on any atom is -0.198 e. The first-order valence-electron chi connectivity index (χ1n) is 4.42.